The maximum atomic E-state index is 12.5. The Bertz CT molecular complexity index is 884. The number of esters is 1. The molecule has 146 valence electrons. The summed E-state index contributed by atoms with van der Waals surface area (Å²) in [4.78, 5) is 12.5. The largest absolute Gasteiger partial charge is 0.423 e. The van der Waals surface area contributed by atoms with Crippen LogP contribution in [0.25, 0.3) is 0 Å². The molecule has 2 aliphatic carbocycles. The van der Waals surface area contributed by atoms with E-state index < -0.39 is 6.10 Å². The molecule has 1 unspecified atom stereocenters. The van der Waals surface area contributed by atoms with Gasteiger partial charge in [0.2, 0.25) is 0 Å². The van der Waals surface area contributed by atoms with Crippen LogP contribution < -0.4 is 0 Å². The Morgan fingerprint density at radius 1 is 1.07 bits per heavy atom. The number of rotatable bonds is 6. The maximum absolute atomic E-state index is 12.5. The highest BCUT2D eigenvalue weighted by atomic mass is 16.5. The van der Waals surface area contributed by atoms with Crippen molar-refractivity contribution in [2.75, 3.05) is 0 Å². The van der Waals surface area contributed by atoms with Gasteiger partial charge in [0.25, 0.3) is 0 Å². The van der Waals surface area contributed by atoms with E-state index in [2.05, 4.69) is 32.1 Å². The van der Waals surface area contributed by atoms with Gasteiger partial charge in [0, 0.05) is 11.0 Å². The van der Waals surface area contributed by atoms with Crippen LogP contribution in [0, 0.1) is 17.3 Å². The van der Waals surface area contributed by atoms with Gasteiger partial charge in [0.1, 0.15) is 5.76 Å². The van der Waals surface area contributed by atoms with E-state index in [1.165, 1.54) is 5.57 Å². The van der Waals surface area contributed by atoms with E-state index >= 15 is 0 Å². The lowest BCUT2D eigenvalue weighted by Gasteiger charge is -2.33. The second-order valence-corrected chi connectivity index (χ2v) is 7.96. The molecule has 0 bridgehead atoms. The predicted octanol–water partition coefficient (Wildman–Crippen LogP) is 5.38. The summed E-state index contributed by atoms with van der Waals surface area (Å²) in [6, 6.07) is 9.02. The Morgan fingerprint density at radius 3 is 2.46 bits per heavy atom. The Kier molecular flexibility index (Phi) is 5.85. The molecular formula is C25H28O3. The second kappa shape index (κ2) is 8.15. The van der Waals surface area contributed by atoms with E-state index in [-0.39, 0.29) is 23.2 Å². The first-order valence-electron chi connectivity index (χ1n) is 9.79. The van der Waals surface area contributed by atoms with Gasteiger partial charge in [-0.2, -0.15) is 0 Å². The lowest BCUT2D eigenvalue weighted by Crippen LogP contribution is -2.25. The Morgan fingerprint density at radius 2 is 1.79 bits per heavy atom. The summed E-state index contributed by atoms with van der Waals surface area (Å²) < 4.78 is 5.73. The molecule has 0 spiro atoms. The monoisotopic (exact) mass is 376 g/mol. The van der Waals surface area contributed by atoms with Gasteiger partial charge in [-0.05, 0) is 42.5 Å². The Labute approximate surface area is 167 Å². The van der Waals surface area contributed by atoms with Crippen LogP contribution in [-0.4, -0.2) is 17.2 Å². The smallest absolute Gasteiger partial charge is 0.343 e. The molecule has 1 aromatic rings. The predicted molar refractivity (Wildman–Crippen MR) is 113 cm³/mol. The van der Waals surface area contributed by atoms with E-state index in [0.717, 1.165) is 5.57 Å². The lowest BCUT2D eigenvalue weighted by atomic mass is 9.71. The average Bonchev–Trinajstić information content (AvgIpc) is 3.04. The molecule has 0 fully saturated rings. The number of carbonyl (C=O) groups excluding carboxylic acids is 1. The molecule has 0 aromatic heterocycles. The Hall–Kier alpha value is -2.65. The van der Waals surface area contributed by atoms with Crippen LogP contribution in [-0.2, 0) is 4.74 Å². The van der Waals surface area contributed by atoms with E-state index in [9.17, 15) is 9.90 Å². The van der Waals surface area contributed by atoms with Crippen molar-refractivity contribution in [1.29, 1.82) is 0 Å². The minimum Gasteiger partial charge on any atom is -0.423 e. The molecule has 3 rings (SSSR count). The van der Waals surface area contributed by atoms with Crippen LogP contribution >= 0.6 is 0 Å². The molecule has 0 saturated heterocycles. The van der Waals surface area contributed by atoms with Crippen molar-refractivity contribution in [3.05, 3.63) is 95.3 Å². The minimum absolute atomic E-state index is 0.154. The number of benzene rings is 1. The minimum atomic E-state index is -0.450. The number of hydrogen-bond acceptors (Lipinski definition) is 3. The fourth-order valence-corrected chi connectivity index (χ4v) is 3.67. The molecule has 3 nitrogen and oxygen atoms in total. The van der Waals surface area contributed by atoms with Crippen molar-refractivity contribution >= 4 is 5.97 Å². The highest BCUT2D eigenvalue weighted by Gasteiger charge is 2.39. The zero-order valence-corrected chi connectivity index (χ0v) is 16.9. The summed E-state index contributed by atoms with van der Waals surface area (Å²) >= 11 is 0. The fourth-order valence-electron chi connectivity index (χ4n) is 3.67. The molecule has 1 aromatic carbocycles. The van der Waals surface area contributed by atoms with Crippen molar-refractivity contribution in [3.8, 4) is 0 Å². The molecule has 0 saturated carbocycles. The van der Waals surface area contributed by atoms with Crippen molar-refractivity contribution in [1.82, 2.24) is 0 Å². The molecule has 28 heavy (non-hydrogen) atoms. The lowest BCUT2D eigenvalue weighted by molar-refractivity contribution is 0.0627. The van der Waals surface area contributed by atoms with E-state index in [0.29, 0.717) is 11.3 Å². The molecule has 0 aliphatic heterocycles. The van der Waals surface area contributed by atoms with Crippen LogP contribution in [0.1, 0.15) is 38.1 Å². The SMILES string of the molecule is CC(C)C(O)/C=C/[C@@H](C)C1=CC=C2C(OC(=O)c3ccccc3)=CC=C[C@]21C. The summed E-state index contributed by atoms with van der Waals surface area (Å²) in [5.74, 6) is 0.572. The van der Waals surface area contributed by atoms with E-state index in [4.69, 9.17) is 4.74 Å². The van der Waals surface area contributed by atoms with Gasteiger partial charge < -0.3 is 9.84 Å². The number of carbonyl (C=O) groups is 1. The zero-order valence-electron chi connectivity index (χ0n) is 16.9. The van der Waals surface area contributed by atoms with Gasteiger partial charge in [0.15, 0.2) is 0 Å². The standard InChI is InChI=1S/C25H28O3/c1-17(2)22(26)15-12-18(3)20-13-14-21-23(11-8-16-25(20,21)4)28-24(27)19-9-6-5-7-10-19/h5-18,22,26H,1-4H3/b15-12+/t18-,22?,25+/m1/s1. The normalized spacial score (nSPS) is 23.1. The van der Waals surface area contributed by atoms with E-state index in [1.807, 2.05) is 56.4 Å². The summed E-state index contributed by atoms with van der Waals surface area (Å²) in [7, 11) is 0. The van der Waals surface area contributed by atoms with Crippen LogP contribution in [0.3, 0.4) is 0 Å². The quantitative estimate of drug-likeness (QED) is 0.536. The number of ether oxygens (including phenoxy) is 1. The molecular weight excluding hydrogens is 348 g/mol. The first-order chi connectivity index (χ1) is 13.3. The van der Waals surface area contributed by atoms with Gasteiger partial charge >= 0.3 is 5.97 Å². The van der Waals surface area contributed by atoms with Crippen LogP contribution in [0.2, 0.25) is 0 Å². The molecule has 0 radical (unpaired) electrons. The average molecular weight is 376 g/mol. The van der Waals surface area contributed by atoms with Gasteiger partial charge in [-0.15, -0.1) is 0 Å². The molecule has 0 heterocycles. The molecule has 1 N–H and O–H groups in total. The summed E-state index contributed by atoms with van der Waals surface area (Å²) in [5, 5.41) is 10.1. The van der Waals surface area contributed by atoms with Crippen molar-refractivity contribution in [2.45, 2.75) is 33.8 Å². The molecule has 2 aliphatic rings. The number of fused-ring (bicyclic) bond motifs is 1. The molecule has 0 amide bonds. The van der Waals surface area contributed by atoms with Crippen molar-refractivity contribution in [3.63, 3.8) is 0 Å². The van der Waals surface area contributed by atoms with Gasteiger partial charge in [-0.25, -0.2) is 4.79 Å². The number of aliphatic hydroxyl groups is 1. The number of allylic oxidation sites excluding steroid dienone is 8. The van der Waals surface area contributed by atoms with Crippen LogP contribution in [0.4, 0.5) is 0 Å². The van der Waals surface area contributed by atoms with Gasteiger partial charge in [-0.3, -0.25) is 0 Å². The van der Waals surface area contributed by atoms with Gasteiger partial charge in [0.05, 0.1) is 11.7 Å². The zero-order chi connectivity index (χ0) is 20.3. The molecule has 3 atom stereocenters. The summed E-state index contributed by atoms with van der Waals surface area (Å²) in [6.45, 7) is 8.26. The third-order valence-electron chi connectivity index (χ3n) is 5.51. The third-order valence-corrected chi connectivity index (χ3v) is 5.51. The Balaban J connectivity index is 1.76. The summed E-state index contributed by atoms with van der Waals surface area (Å²) in [6.07, 6.45) is 13.5. The van der Waals surface area contributed by atoms with Crippen LogP contribution in [0.5, 0.6) is 0 Å². The topological polar surface area (TPSA) is 46.5 Å². The first kappa shape index (κ1) is 20.1. The van der Waals surface area contributed by atoms with Crippen molar-refractivity contribution < 1.29 is 14.6 Å². The molecule has 3 heteroatoms. The number of aliphatic hydroxyl groups excluding tert-OH is 1. The highest BCUT2D eigenvalue weighted by molar-refractivity contribution is 5.90. The summed E-state index contributed by atoms with van der Waals surface area (Å²) in [5.41, 5.74) is 2.41. The fraction of sp³-hybridized carbons (Fsp3) is 0.320. The van der Waals surface area contributed by atoms with E-state index in [1.54, 1.807) is 12.1 Å². The second-order valence-electron chi connectivity index (χ2n) is 7.96. The maximum Gasteiger partial charge on any atom is 0.343 e. The number of hydrogen-bond donors (Lipinski definition) is 1. The van der Waals surface area contributed by atoms with Crippen LogP contribution in [0.15, 0.2) is 89.8 Å². The first-order valence-corrected chi connectivity index (χ1v) is 9.79. The third kappa shape index (κ3) is 3.95. The van der Waals surface area contributed by atoms with Crippen molar-refractivity contribution in [2.24, 2.45) is 17.3 Å². The highest BCUT2D eigenvalue weighted by Crippen LogP contribution is 2.50. The van der Waals surface area contributed by atoms with Gasteiger partial charge in [-0.1, -0.05) is 75.4 Å².